The fourth-order valence-corrected chi connectivity index (χ4v) is 9.54. The lowest BCUT2D eigenvalue weighted by Gasteiger charge is -2.51. The molecule has 0 saturated carbocycles. The topological polar surface area (TPSA) is 480 Å². The predicted octanol–water partition coefficient (Wildman–Crippen LogP) is -10.5. The average molecular weight is 1080 g/mol. The Kier molecular flexibility index (Phi) is 21.7. The molecule has 5 heterocycles. The molecule has 5 aliphatic heterocycles. The van der Waals surface area contributed by atoms with Crippen molar-refractivity contribution < 1.29 is 128 Å². The lowest BCUT2D eigenvalue weighted by Crippen LogP contribution is -2.74. The molecule has 0 spiro atoms. The van der Waals surface area contributed by atoms with Crippen molar-refractivity contribution in [1.82, 2.24) is 31.9 Å². The number of carbonyl (C=O) groups is 6. The van der Waals surface area contributed by atoms with E-state index in [1.165, 1.54) is 14.0 Å². The zero-order valence-corrected chi connectivity index (χ0v) is 41.2. The SMILES string of the molecule is CN[C@H]1[C@@H](O[C@@H]2O[C@H](C(=O)O)[C@@H](O[C@H]3O[C@H](CO)[C@@H](O)[C@H](O)[C@H]3NC(C)=O)[C@H](NC(C)=O)[C@@H]2NC(C)=O)[C@H](NC(C)=O)[C@@H](OC[C@H]2O[C@@H](O)[C@H](NC(C)=O)[C@@H](O)[C@@H]2O[C@H]2O[C@H]([C@@H](O)CO)[C@@H](O)[C@H](O)[C@@H]2O)O[C@H]1C. The van der Waals surface area contributed by atoms with Crippen LogP contribution in [0.1, 0.15) is 41.5 Å². The summed E-state index contributed by atoms with van der Waals surface area (Å²) in [7, 11) is 1.47. The first kappa shape index (κ1) is 60.9. The fourth-order valence-electron chi connectivity index (χ4n) is 9.54. The number of nitrogens with one attached hydrogen (secondary N) is 6. The summed E-state index contributed by atoms with van der Waals surface area (Å²) in [5.41, 5.74) is 0. The molecular weight excluding hydrogens is 1000 g/mol. The number of carbonyl (C=O) groups excluding carboxylic acids is 5. The van der Waals surface area contributed by atoms with E-state index < -0.39 is 215 Å². The number of rotatable bonds is 19. The van der Waals surface area contributed by atoms with Crippen molar-refractivity contribution >= 4 is 35.5 Å². The van der Waals surface area contributed by atoms with E-state index in [0.717, 1.165) is 34.6 Å². The maximum absolute atomic E-state index is 13.2. The molecule has 0 aromatic rings. The van der Waals surface area contributed by atoms with Crippen LogP contribution in [0.3, 0.4) is 0 Å². The Balaban J connectivity index is 1.50. The van der Waals surface area contributed by atoms with E-state index in [4.69, 9.17) is 42.6 Å². The second-order valence-corrected chi connectivity index (χ2v) is 18.5. The highest BCUT2D eigenvalue weighted by Crippen LogP contribution is 2.35. The number of hydrogen-bond donors (Lipinski definition) is 17. The number of amides is 5. The smallest absolute Gasteiger partial charge is 0.335 e. The third kappa shape index (κ3) is 14.1. The molecule has 5 rings (SSSR count). The van der Waals surface area contributed by atoms with E-state index in [0.29, 0.717) is 0 Å². The van der Waals surface area contributed by atoms with E-state index in [2.05, 4.69) is 31.9 Å². The van der Waals surface area contributed by atoms with Crippen LogP contribution in [0.2, 0.25) is 0 Å². The van der Waals surface area contributed by atoms with Crippen molar-refractivity contribution in [3.8, 4) is 0 Å². The Morgan fingerprint density at radius 2 is 1.04 bits per heavy atom. The number of aliphatic hydroxyl groups excluding tert-OH is 10. The third-order valence-electron chi connectivity index (χ3n) is 12.9. The Bertz CT molecular complexity index is 1930. The zero-order valence-electron chi connectivity index (χ0n) is 41.2. The van der Waals surface area contributed by atoms with Gasteiger partial charge in [0.15, 0.2) is 37.6 Å². The summed E-state index contributed by atoms with van der Waals surface area (Å²) in [6.07, 6.45) is -36.0. The molecule has 17 N–H and O–H groups in total. The van der Waals surface area contributed by atoms with E-state index in [9.17, 15) is 84.9 Å². The third-order valence-corrected chi connectivity index (χ3v) is 12.9. The number of ether oxygens (including phenoxy) is 9. The summed E-state index contributed by atoms with van der Waals surface area (Å²) in [6, 6.07) is -8.94. The van der Waals surface area contributed by atoms with Crippen LogP contribution < -0.4 is 31.9 Å². The first-order valence-electron chi connectivity index (χ1n) is 23.5. The summed E-state index contributed by atoms with van der Waals surface area (Å²) < 4.78 is 54.0. The van der Waals surface area contributed by atoms with Gasteiger partial charge in [0.25, 0.3) is 0 Å². The molecule has 0 aromatic carbocycles. The summed E-state index contributed by atoms with van der Waals surface area (Å²) in [4.78, 5) is 76.5. The van der Waals surface area contributed by atoms with E-state index in [1.54, 1.807) is 0 Å². The lowest BCUT2D eigenvalue weighted by molar-refractivity contribution is -0.356. The van der Waals surface area contributed by atoms with Crippen LogP contribution >= 0.6 is 0 Å². The van der Waals surface area contributed by atoms with Gasteiger partial charge in [-0.15, -0.1) is 0 Å². The first-order chi connectivity index (χ1) is 34.7. The normalized spacial score (nSPS) is 43.0. The number of aliphatic carboxylic acids is 1. The van der Waals surface area contributed by atoms with Crippen LogP contribution in [0.4, 0.5) is 0 Å². The minimum Gasteiger partial charge on any atom is -0.479 e. The molecule has 0 aromatic heterocycles. The molecule has 0 bridgehead atoms. The summed E-state index contributed by atoms with van der Waals surface area (Å²) in [5, 5.41) is 132. The van der Waals surface area contributed by atoms with Gasteiger partial charge in [-0.2, -0.15) is 0 Å². The molecule has 424 valence electrons. The first-order valence-corrected chi connectivity index (χ1v) is 23.5. The van der Waals surface area contributed by atoms with E-state index in [-0.39, 0.29) is 0 Å². The number of carboxylic acids is 1. The number of hydrogen-bond acceptors (Lipinski definition) is 26. The molecular formula is C42H70N6O26. The Morgan fingerprint density at radius 3 is 1.59 bits per heavy atom. The quantitative estimate of drug-likeness (QED) is 0.0571. The molecule has 0 radical (unpaired) electrons. The number of likely N-dealkylation sites (N-methyl/N-ethyl adjacent to an activating group) is 1. The maximum Gasteiger partial charge on any atom is 0.335 e. The fraction of sp³-hybridized carbons (Fsp3) is 0.857. The molecule has 32 nitrogen and oxygen atoms in total. The minimum atomic E-state index is -2.17. The van der Waals surface area contributed by atoms with Crippen LogP contribution in [-0.2, 0) is 71.4 Å². The van der Waals surface area contributed by atoms with Gasteiger partial charge in [0.05, 0.1) is 38.0 Å². The van der Waals surface area contributed by atoms with Crippen LogP contribution in [-0.4, -0.2) is 278 Å². The molecule has 5 amide bonds. The molecule has 74 heavy (non-hydrogen) atoms. The number of carboxylic acid groups (broad SMARTS) is 1. The van der Waals surface area contributed by atoms with Gasteiger partial charge in [0.1, 0.15) is 104 Å². The Labute approximate surface area is 422 Å². The number of aliphatic hydroxyl groups is 10. The van der Waals surface area contributed by atoms with Crippen molar-refractivity contribution in [2.45, 2.75) is 201 Å². The monoisotopic (exact) mass is 1070 g/mol. The van der Waals surface area contributed by atoms with Gasteiger partial charge in [-0.1, -0.05) is 0 Å². The summed E-state index contributed by atoms with van der Waals surface area (Å²) in [6.45, 7) is 4.25. The molecule has 5 aliphatic rings. The Hall–Kier alpha value is -3.98. The highest BCUT2D eigenvalue weighted by molar-refractivity contribution is 5.77. The van der Waals surface area contributed by atoms with Gasteiger partial charge in [-0.3, -0.25) is 24.0 Å². The maximum atomic E-state index is 13.2. The van der Waals surface area contributed by atoms with Gasteiger partial charge in [-0.05, 0) is 14.0 Å². The van der Waals surface area contributed by atoms with Crippen molar-refractivity contribution in [3.05, 3.63) is 0 Å². The molecule has 5 fully saturated rings. The van der Waals surface area contributed by atoms with Crippen molar-refractivity contribution in [3.63, 3.8) is 0 Å². The van der Waals surface area contributed by atoms with Crippen LogP contribution in [0, 0.1) is 0 Å². The van der Waals surface area contributed by atoms with Crippen LogP contribution in [0.15, 0.2) is 0 Å². The molecule has 32 heteroatoms. The largest absolute Gasteiger partial charge is 0.479 e. The second kappa shape index (κ2) is 26.4. The van der Waals surface area contributed by atoms with Gasteiger partial charge in [0.2, 0.25) is 29.5 Å². The molecule has 5 saturated heterocycles. The van der Waals surface area contributed by atoms with Crippen molar-refractivity contribution in [2.75, 3.05) is 26.9 Å². The van der Waals surface area contributed by atoms with Gasteiger partial charge < -0.3 is 131 Å². The molecule has 26 atom stereocenters. The summed E-state index contributed by atoms with van der Waals surface area (Å²) >= 11 is 0. The Morgan fingerprint density at radius 1 is 0.514 bits per heavy atom. The zero-order chi connectivity index (χ0) is 55.2. The second-order valence-electron chi connectivity index (χ2n) is 18.5. The van der Waals surface area contributed by atoms with Crippen LogP contribution in [0.5, 0.6) is 0 Å². The van der Waals surface area contributed by atoms with Crippen LogP contribution in [0.25, 0.3) is 0 Å². The lowest BCUT2D eigenvalue weighted by atomic mass is 9.91. The molecule has 0 unspecified atom stereocenters. The van der Waals surface area contributed by atoms with Gasteiger partial charge >= 0.3 is 5.97 Å². The highest BCUT2D eigenvalue weighted by atomic mass is 16.8. The summed E-state index contributed by atoms with van der Waals surface area (Å²) in [5.74, 6) is -5.56. The van der Waals surface area contributed by atoms with E-state index >= 15 is 0 Å². The minimum absolute atomic E-state index is 0.723. The van der Waals surface area contributed by atoms with Crippen molar-refractivity contribution in [2.24, 2.45) is 0 Å². The van der Waals surface area contributed by atoms with E-state index in [1.807, 2.05) is 0 Å². The highest BCUT2D eigenvalue weighted by Gasteiger charge is 2.58. The standard InChI is InChI=1S/C42H70N6O26/c1-11-20(43-7)34(72-40-22(45-13(3)52)21(44-12(2)51)35(36(74-40)37(63)64)73-41-24(47-15(5)54)27(58)26(57)18(9-50)69-41)25(48-16(6)55)39(67-11)66-10-19-33(28(59)23(38(65)68-19)46-14(4)53)71-42-31(62)29(60)30(61)32(70-42)17(56)8-49/h11,17-36,38-43,49-50,56-62,65H,8-10H2,1-7H3,(H,44,51)(H,45,52)(H,46,53)(H,47,54)(H,48,55)(H,63,64)/t11-,17-,18+,19+,20+,21+,22-,23+,24+,25-,26+,27+,28+,29-,30-,31-,32+,33+,34+,35-,36-,38+,39-,40+,41+,42+/m0/s1. The van der Waals surface area contributed by atoms with Gasteiger partial charge in [-0.25, -0.2) is 4.79 Å². The van der Waals surface area contributed by atoms with Crippen molar-refractivity contribution in [1.29, 1.82) is 0 Å². The average Bonchev–Trinajstić information content (AvgIpc) is 3.31. The molecule has 0 aliphatic carbocycles. The van der Waals surface area contributed by atoms with Gasteiger partial charge in [0, 0.05) is 34.6 Å². The predicted molar refractivity (Wildman–Crippen MR) is 236 cm³/mol.